The van der Waals surface area contributed by atoms with E-state index in [9.17, 15) is 40.7 Å². The van der Waals surface area contributed by atoms with Crippen LogP contribution in [0.3, 0.4) is 0 Å². The highest BCUT2D eigenvalue weighted by molar-refractivity contribution is 5.82. The first-order valence-electron chi connectivity index (χ1n) is 10.3. The molecule has 0 saturated carbocycles. The number of aliphatic hydroxyl groups is 1. The maximum Gasteiger partial charge on any atom is 0.422 e. The molecule has 0 aliphatic heterocycles. The lowest BCUT2D eigenvalue weighted by Gasteiger charge is -2.34. The molecule has 0 amide bonds. The van der Waals surface area contributed by atoms with E-state index in [0.29, 0.717) is 0 Å². The molecule has 0 fully saturated rings. The van der Waals surface area contributed by atoms with Gasteiger partial charge in [0.2, 0.25) is 0 Å². The van der Waals surface area contributed by atoms with Crippen LogP contribution in [0.2, 0.25) is 0 Å². The molecule has 0 rings (SSSR count). The Balaban J connectivity index is 5.74. The van der Waals surface area contributed by atoms with Gasteiger partial charge in [-0.2, -0.15) is 26.3 Å². The highest BCUT2D eigenvalue weighted by atomic mass is 19.4. The van der Waals surface area contributed by atoms with Crippen molar-refractivity contribution in [3.05, 3.63) is 0 Å². The molecule has 1 N–H and O–H groups in total. The summed E-state index contributed by atoms with van der Waals surface area (Å²) in [5.74, 6) is -7.18. The molecular formula is C20H30F6O8. The molecule has 0 bridgehead atoms. The third-order valence-electron chi connectivity index (χ3n) is 4.65. The number of ether oxygens (including phenoxy) is 4. The molecule has 8 nitrogen and oxygen atoms in total. The largest absolute Gasteiger partial charge is 0.460 e. The molecular weight excluding hydrogens is 482 g/mol. The number of rotatable bonds is 14. The maximum absolute atomic E-state index is 12.5. The SMILES string of the molecule is CC(=O)OC(C)(CCC(C)OCCO)CC(C(=O)OCC(F)(F)F)C(C)C(=O)OCC(F)(F)F. The van der Waals surface area contributed by atoms with Crippen LogP contribution in [0.25, 0.3) is 0 Å². The van der Waals surface area contributed by atoms with Crippen LogP contribution in [0, 0.1) is 11.8 Å². The Morgan fingerprint density at radius 2 is 1.41 bits per heavy atom. The molecule has 0 heterocycles. The van der Waals surface area contributed by atoms with E-state index in [0.717, 1.165) is 13.8 Å². The van der Waals surface area contributed by atoms with E-state index in [1.807, 2.05) is 0 Å². The summed E-state index contributed by atoms with van der Waals surface area (Å²) in [7, 11) is 0. The molecule has 0 aromatic carbocycles. The van der Waals surface area contributed by atoms with Gasteiger partial charge in [0, 0.05) is 13.3 Å². The van der Waals surface area contributed by atoms with Crippen molar-refractivity contribution in [3.8, 4) is 0 Å². The summed E-state index contributed by atoms with van der Waals surface area (Å²) >= 11 is 0. The Labute approximate surface area is 192 Å². The Hall–Kier alpha value is -2.09. The van der Waals surface area contributed by atoms with Gasteiger partial charge in [0.25, 0.3) is 0 Å². The van der Waals surface area contributed by atoms with Gasteiger partial charge in [-0.15, -0.1) is 0 Å². The molecule has 200 valence electrons. The summed E-state index contributed by atoms with van der Waals surface area (Å²) in [5.41, 5.74) is -1.52. The lowest BCUT2D eigenvalue weighted by molar-refractivity contribution is -0.198. The smallest absolute Gasteiger partial charge is 0.422 e. The summed E-state index contributed by atoms with van der Waals surface area (Å²) in [6.45, 7) is 0.850. The average molecular weight is 512 g/mol. The van der Waals surface area contributed by atoms with Gasteiger partial charge in [-0.1, -0.05) is 6.92 Å². The molecule has 0 saturated heterocycles. The number of carbonyl (C=O) groups excluding carboxylic acids is 3. The molecule has 0 aliphatic rings. The second kappa shape index (κ2) is 13.7. The molecule has 0 radical (unpaired) electrons. The summed E-state index contributed by atoms with van der Waals surface area (Å²) in [4.78, 5) is 36.2. The van der Waals surface area contributed by atoms with Gasteiger partial charge >= 0.3 is 30.3 Å². The number of hydrogen-bond acceptors (Lipinski definition) is 8. The number of hydrogen-bond donors (Lipinski definition) is 1. The topological polar surface area (TPSA) is 108 Å². The van der Waals surface area contributed by atoms with E-state index >= 15 is 0 Å². The van der Waals surface area contributed by atoms with Crippen LogP contribution in [0.5, 0.6) is 0 Å². The van der Waals surface area contributed by atoms with Gasteiger partial charge in [0.1, 0.15) is 5.60 Å². The first-order valence-corrected chi connectivity index (χ1v) is 10.3. The fraction of sp³-hybridized carbons (Fsp3) is 0.850. The predicted octanol–water partition coefficient (Wildman–Crippen LogP) is 3.34. The number of carbonyl (C=O) groups is 3. The van der Waals surface area contributed by atoms with Crippen LogP contribution >= 0.6 is 0 Å². The zero-order chi connectivity index (χ0) is 26.7. The lowest BCUT2D eigenvalue weighted by Crippen LogP contribution is -2.41. The molecule has 0 aromatic heterocycles. The third kappa shape index (κ3) is 14.2. The monoisotopic (exact) mass is 512 g/mol. The summed E-state index contributed by atoms with van der Waals surface area (Å²) in [5, 5.41) is 8.82. The quantitative estimate of drug-likeness (QED) is 0.215. The van der Waals surface area contributed by atoms with E-state index in [1.54, 1.807) is 6.92 Å². The van der Waals surface area contributed by atoms with Gasteiger partial charge in [0.15, 0.2) is 13.2 Å². The first-order chi connectivity index (χ1) is 15.4. The molecule has 34 heavy (non-hydrogen) atoms. The third-order valence-corrected chi connectivity index (χ3v) is 4.65. The highest BCUT2D eigenvalue weighted by Crippen LogP contribution is 2.33. The maximum atomic E-state index is 12.5. The normalized spacial score (nSPS) is 16.7. The van der Waals surface area contributed by atoms with Crippen LogP contribution in [0.4, 0.5) is 26.3 Å². The zero-order valence-electron chi connectivity index (χ0n) is 19.3. The fourth-order valence-corrected chi connectivity index (χ4v) is 3.03. The molecule has 4 atom stereocenters. The van der Waals surface area contributed by atoms with Gasteiger partial charge in [0.05, 0.1) is 31.2 Å². The van der Waals surface area contributed by atoms with Crippen molar-refractivity contribution in [2.24, 2.45) is 11.8 Å². The minimum atomic E-state index is -4.89. The van der Waals surface area contributed by atoms with Gasteiger partial charge < -0.3 is 24.1 Å². The highest BCUT2D eigenvalue weighted by Gasteiger charge is 2.43. The summed E-state index contributed by atoms with van der Waals surface area (Å²) in [6.07, 6.45) is -10.5. The van der Waals surface area contributed by atoms with Crippen molar-refractivity contribution in [1.29, 1.82) is 0 Å². The van der Waals surface area contributed by atoms with Gasteiger partial charge in [-0.25, -0.2) is 0 Å². The minimum Gasteiger partial charge on any atom is -0.460 e. The van der Waals surface area contributed by atoms with E-state index in [1.165, 1.54) is 6.92 Å². The average Bonchev–Trinajstić information content (AvgIpc) is 2.69. The second-order valence-electron chi connectivity index (χ2n) is 8.03. The van der Waals surface area contributed by atoms with Crippen molar-refractivity contribution in [3.63, 3.8) is 0 Å². The first kappa shape index (κ1) is 31.9. The molecule has 14 heteroatoms. The standard InChI is InChI=1S/C20H30F6O8/c1-12(31-8-7-27)5-6-18(4,34-14(3)28)9-15(17(30)33-11-20(24,25)26)13(2)16(29)32-10-19(21,22)23/h12-13,15,27H,5-11H2,1-4H3. The van der Waals surface area contributed by atoms with E-state index in [4.69, 9.17) is 14.6 Å². The fourth-order valence-electron chi connectivity index (χ4n) is 3.03. The lowest BCUT2D eigenvalue weighted by atomic mass is 9.81. The van der Waals surface area contributed by atoms with Crippen molar-refractivity contribution < 1.29 is 64.8 Å². The van der Waals surface area contributed by atoms with Crippen molar-refractivity contribution in [2.75, 3.05) is 26.4 Å². The van der Waals surface area contributed by atoms with Crippen molar-refractivity contribution >= 4 is 17.9 Å². The number of alkyl halides is 6. The van der Waals surface area contributed by atoms with Crippen molar-refractivity contribution in [1.82, 2.24) is 0 Å². The zero-order valence-corrected chi connectivity index (χ0v) is 19.3. The van der Waals surface area contributed by atoms with E-state index in [2.05, 4.69) is 9.47 Å². The number of aliphatic hydroxyl groups excluding tert-OH is 1. The summed E-state index contributed by atoms with van der Waals surface area (Å²) < 4.78 is 93.6. The molecule has 4 unspecified atom stereocenters. The van der Waals surface area contributed by atoms with Crippen LogP contribution in [-0.4, -0.2) is 73.5 Å². The van der Waals surface area contributed by atoms with Crippen LogP contribution in [0.1, 0.15) is 47.0 Å². The number of halogens is 6. The van der Waals surface area contributed by atoms with E-state index in [-0.39, 0.29) is 26.1 Å². The summed E-state index contributed by atoms with van der Waals surface area (Å²) in [6, 6.07) is 0. The Kier molecular flexibility index (Phi) is 12.9. The van der Waals surface area contributed by atoms with Crippen LogP contribution in [0.15, 0.2) is 0 Å². The Morgan fingerprint density at radius 3 is 1.85 bits per heavy atom. The minimum absolute atomic E-state index is 0.00649. The van der Waals surface area contributed by atoms with Crippen molar-refractivity contribution in [2.45, 2.75) is 71.0 Å². The van der Waals surface area contributed by atoms with Crippen LogP contribution < -0.4 is 0 Å². The second-order valence-corrected chi connectivity index (χ2v) is 8.03. The van der Waals surface area contributed by atoms with Crippen LogP contribution in [-0.2, 0) is 33.3 Å². The molecule has 0 spiro atoms. The van der Waals surface area contributed by atoms with E-state index < -0.39 is 73.4 Å². The Bertz CT molecular complexity index is 666. The molecule has 0 aliphatic carbocycles. The van der Waals surface area contributed by atoms with Gasteiger partial charge in [-0.3, -0.25) is 14.4 Å². The predicted molar refractivity (Wildman–Crippen MR) is 103 cm³/mol. The molecule has 0 aromatic rings. The van der Waals surface area contributed by atoms with Gasteiger partial charge in [-0.05, 0) is 26.7 Å². The Morgan fingerprint density at radius 1 is 0.912 bits per heavy atom. The number of esters is 3.